The van der Waals surface area contributed by atoms with Gasteiger partial charge in [-0.1, -0.05) is 5.16 Å². The summed E-state index contributed by atoms with van der Waals surface area (Å²) >= 11 is 0. The molecule has 0 bridgehead atoms. The molecule has 0 unspecified atom stereocenters. The van der Waals surface area contributed by atoms with E-state index in [1.807, 2.05) is 0 Å². The number of carbonyl (C=O) groups excluding carboxylic acids is 1. The number of rotatable bonds is 3. The minimum atomic E-state index is -1.17. The normalized spacial score (nSPS) is 30.0. The van der Waals surface area contributed by atoms with E-state index in [-0.39, 0.29) is 24.9 Å². The van der Waals surface area contributed by atoms with Crippen LogP contribution < -0.4 is 4.90 Å². The van der Waals surface area contributed by atoms with Crippen LogP contribution in [0.5, 0.6) is 0 Å². The molecule has 5 rings (SSSR count). The van der Waals surface area contributed by atoms with Crippen molar-refractivity contribution in [2.45, 2.75) is 43.4 Å². The van der Waals surface area contributed by atoms with Gasteiger partial charge in [-0.3, -0.25) is 9.78 Å². The molecule has 1 saturated carbocycles. The van der Waals surface area contributed by atoms with E-state index in [0.717, 1.165) is 38.0 Å². The number of halogens is 1. The van der Waals surface area contributed by atoms with Crippen molar-refractivity contribution in [3.05, 3.63) is 18.6 Å². The van der Waals surface area contributed by atoms with Crippen molar-refractivity contribution in [1.29, 1.82) is 0 Å². The van der Waals surface area contributed by atoms with Gasteiger partial charge in [-0.05, 0) is 31.6 Å². The molecule has 138 valence electrons. The summed E-state index contributed by atoms with van der Waals surface area (Å²) in [5.74, 6) is 0.787. The van der Waals surface area contributed by atoms with Crippen molar-refractivity contribution in [3.63, 3.8) is 0 Å². The lowest BCUT2D eigenvalue weighted by molar-refractivity contribution is -0.139. The van der Waals surface area contributed by atoms with Gasteiger partial charge in [-0.2, -0.15) is 0 Å². The standard InChI is InChI=1S/C18H22FN5O2/c19-18(13-2-3-13)11-24(12-18)16(25)14-8-17(26-22-14)4-1-7-23(10-17)15-9-20-5-6-21-15/h5-6,9,13H,1-4,7-8,10-12H2/t17-/m1/s1. The largest absolute Gasteiger partial charge is 0.386 e. The highest BCUT2D eigenvalue weighted by molar-refractivity contribution is 6.39. The van der Waals surface area contributed by atoms with Crippen molar-refractivity contribution in [3.8, 4) is 0 Å². The molecule has 1 spiro atoms. The summed E-state index contributed by atoms with van der Waals surface area (Å²) in [4.78, 5) is 30.6. The third kappa shape index (κ3) is 2.62. The summed E-state index contributed by atoms with van der Waals surface area (Å²) in [5, 5.41) is 4.09. The van der Waals surface area contributed by atoms with Crippen molar-refractivity contribution >= 4 is 17.4 Å². The first kappa shape index (κ1) is 16.0. The van der Waals surface area contributed by atoms with Crippen LogP contribution in [-0.4, -0.2) is 63.9 Å². The van der Waals surface area contributed by atoms with E-state index in [0.29, 0.717) is 18.7 Å². The number of likely N-dealkylation sites (tertiary alicyclic amines) is 1. The van der Waals surface area contributed by atoms with Crippen LogP contribution in [0.25, 0.3) is 0 Å². The highest BCUT2D eigenvalue weighted by Crippen LogP contribution is 2.47. The second-order valence-corrected chi connectivity index (χ2v) is 8.05. The van der Waals surface area contributed by atoms with Crippen LogP contribution >= 0.6 is 0 Å². The smallest absolute Gasteiger partial charge is 0.272 e. The molecule has 1 atom stereocenters. The maximum atomic E-state index is 14.5. The number of anilines is 1. The number of oxime groups is 1. The Bertz CT molecular complexity index is 747. The van der Waals surface area contributed by atoms with Gasteiger partial charge in [-0.25, -0.2) is 9.37 Å². The Labute approximate surface area is 151 Å². The minimum Gasteiger partial charge on any atom is -0.386 e. The summed E-state index contributed by atoms with van der Waals surface area (Å²) in [7, 11) is 0. The third-order valence-corrected chi connectivity index (χ3v) is 6.00. The Morgan fingerprint density at radius 3 is 2.85 bits per heavy atom. The van der Waals surface area contributed by atoms with Crippen LogP contribution in [0.1, 0.15) is 32.1 Å². The highest BCUT2D eigenvalue weighted by atomic mass is 19.1. The molecule has 1 aromatic heterocycles. The van der Waals surface area contributed by atoms with E-state index >= 15 is 0 Å². The zero-order valence-electron chi connectivity index (χ0n) is 14.6. The fourth-order valence-corrected chi connectivity index (χ4v) is 4.38. The molecule has 7 nitrogen and oxygen atoms in total. The second-order valence-electron chi connectivity index (χ2n) is 8.05. The zero-order valence-corrected chi connectivity index (χ0v) is 14.6. The maximum absolute atomic E-state index is 14.5. The fraction of sp³-hybridized carbons (Fsp3) is 0.667. The predicted molar refractivity (Wildman–Crippen MR) is 92.5 cm³/mol. The molecule has 0 N–H and O–H groups in total. The number of amides is 1. The van der Waals surface area contributed by atoms with E-state index in [2.05, 4.69) is 20.0 Å². The SMILES string of the molecule is O=C(C1=NO[C@]2(CCCN(c3cnccn3)C2)C1)N1CC(F)(C2CC2)C1. The molecule has 1 aliphatic carbocycles. The molecule has 4 heterocycles. The summed E-state index contributed by atoms with van der Waals surface area (Å²) in [6.07, 6.45) is 9.21. The number of alkyl halides is 1. The van der Waals surface area contributed by atoms with Crippen molar-refractivity contribution in [1.82, 2.24) is 14.9 Å². The molecule has 0 aromatic carbocycles. The summed E-state index contributed by atoms with van der Waals surface area (Å²) < 4.78 is 14.5. The number of aromatic nitrogens is 2. The molecule has 4 aliphatic rings. The van der Waals surface area contributed by atoms with E-state index in [1.165, 1.54) is 0 Å². The fourth-order valence-electron chi connectivity index (χ4n) is 4.38. The molecule has 3 fully saturated rings. The van der Waals surface area contributed by atoms with Crippen molar-refractivity contribution < 1.29 is 14.0 Å². The number of hydrogen-bond acceptors (Lipinski definition) is 6. The Morgan fingerprint density at radius 2 is 2.12 bits per heavy atom. The van der Waals surface area contributed by atoms with Crippen LogP contribution in [0.4, 0.5) is 10.2 Å². The molecule has 1 aromatic rings. The van der Waals surface area contributed by atoms with E-state index in [4.69, 9.17) is 4.84 Å². The van der Waals surface area contributed by atoms with E-state index in [1.54, 1.807) is 23.5 Å². The topological polar surface area (TPSA) is 70.9 Å². The highest BCUT2D eigenvalue weighted by Gasteiger charge is 2.56. The van der Waals surface area contributed by atoms with Crippen LogP contribution in [0.2, 0.25) is 0 Å². The minimum absolute atomic E-state index is 0.151. The Balaban J connectivity index is 1.23. The Kier molecular flexibility index (Phi) is 3.45. The third-order valence-electron chi connectivity index (χ3n) is 6.00. The van der Waals surface area contributed by atoms with Gasteiger partial charge in [0.2, 0.25) is 0 Å². The molecular weight excluding hydrogens is 337 g/mol. The van der Waals surface area contributed by atoms with Gasteiger partial charge in [0.25, 0.3) is 5.91 Å². The zero-order chi connectivity index (χ0) is 17.8. The van der Waals surface area contributed by atoms with Crippen molar-refractivity contribution in [2.24, 2.45) is 11.1 Å². The number of hydrogen-bond donors (Lipinski definition) is 0. The van der Waals surface area contributed by atoms with Crippen LogP contribution in [0, 0.1) is 5.92 Å². The monoisotopic (exact) mass is 359 g/mol. The number of carbonyl (C=O) groups is 1. The molecule has 8 heteroatoms. The van der Waals surface area contributed by atoms with Crippen LogP contribution in [0.3, 0.4) is 0 Å². The average molecular weight is 359 g/mol. The van der Waals surface area contributed by atoms with Gasteiger partial charge < -0.3 is 14.6 Å². The van der Waals surface area contributed by atoms with E-state index in [9.17, 15) is 9.18 Å². The lowest BCUT2D eigenvalue weighted by atomic mass is 9.86. The van der Waals surface area contributed by atoms with E-state index < -0.39 is 11.3 Å². The lowest BCUT2D eigenvalue weighted by Gasteiger charge is -2.44. The van der Waals surface area contributed by atoms with Crippen LogP contribution in [0.15, 0.2) is 23.7 Å². The van der Waals surface area contributed by atoms with Gasteiger partial charge in [0.15, 0.2) is 5.60 Å². The summed E-state index contributed by atoms with van der Waals surface area (Å²) in [6, 6.07) is 0. The first-order chi connectivity index (χ1) is 12.6. The van der Waals surface area contributed by atoms with Gasteiger partial charge >= 0.3 is 0 Å². The van der Waals surface area contributed by atoms with Crippen LogP contribution in [-0.2, 0) is 9.63 Å². The second kappa shape index (κ2) is 5.62. The lowest BCUT2D eigenvalue weighted by Crippen LogP contribution is -2.63. The number of piperidine rings is 1. The molecule has 0 radical (unpaired) electrons. The molecular formula is C18H22FN5O2. The molecule has 26 heavy (non-hydrogen) atoms. The Morgan fingerprint density at radius 1 is 1.27 bits per heavy atom. The van der Waals surface area contributed by atoms with Crippen molar-refractivity contribution in [2.75, 3.05) is 31.1 Å². The van der Waals surface area contributed by atoms with Gasteiger partial charge in [-0.15, -0.1) is 0 Å². The predicted octanol–water partition coefficient (Wildman–Crippen LogP) is 1.55. The molecule has 3 aliphatic heterocycles. The Hall–Kier alpha value is -2.25. The molecule has 2 saturated heterocycles. The quantitative estimate of drug-likeness (QED) is 0.819. The summed E-state index contributed by atoms with van der Waals surface area (Å²) in [6.45, 7) is 1.91. The van der Waals surface area contributed by atoms with Gasteiger partial charge in [0.05, 0.1) is 25.8 Å². The average Bonchev–Trinajstić information content (AvgIpc) is 3.42. The van der Waals surface area contributed by atoms with Gasteiger partial charge in [0, 0.05) is 25.4 Å². The maximum Gasteiger partial charge on any atom is 0.272 e. The molecule has 1 amide bonds. The first-order valence-corrected chi connectivity index (χ1v) is 9.31. The van der Waals surface area contributed by atoms with Gasteiger partial charge in [0.1, 0.15) is 17.2 Å². The number of nitrogens with zero attached hydrogens (tertiary/aromatic N) is 5. The first-order valence-electron chi connectivity index (χ1n) is 9.31. The summed E-state index contributed by atoms with van der Waals surface area (Å²) in [5.41, 5.74) is -1.24.